The van der Waals surface area contributed by atoms with Crippen molar-refractivity contribution in [3.8, 4) is 0 Å². The van der Waals surface area contributed by atoms with Gasteiger partial charge in [0.25, 0.3) is 10.0 Å². The minimum absolute atomic E-state index is 0.0172. The molecule has 2 heterocycles. The number of nitrogens with zero attached hydrogens (tertiary/aromatic N) is 2. The van der Waals surface area contributed by atoms with Gasteiger partial charge in [-0.25, -0.2) is 14.8 Å². The number of aromatic carboxylic acids is 1. The lowest BCUT2D eigenvalue weighted by atomic mass is 10.5. The molecule has 0 fully saturated rings. The Kier molecular flexibility index (Phi) is 3.53. The Morgan fingerprint density at radius 3 is 2.58 bits per heavy atom. The maximum Gasteiger partial charge on any atom is 0.371 e. The summed E-state index contributed by atoms with van der Waals surface area (Å²) in [5.74, 6) is -1.84. The number of anilines is 1. The number of nitrogens with one attached hydrogen (secondary N) is 1. The summed E-state index contributed by atoms with van der Waals surface area (Å²) in [5.41, 5.74) is 0. The zero-order valence-corrected chi connectivity index (χ0v) is 11.5. The first-order chi connectivity index (χ1) is 8.88. The van der Waals surface area contributed by atoms with E-state index in [0.717, 1.165) is 12.1 Å². The summed E-state index contributed by atoms with van der Waals surface area (Å²) in [7, 11) is -4.04. The van der Waals surface area contributed by atoms with E-state index < -0.39 is 26.8 Å². The predicted octanol–water partition coefficient (Wildman–Crippen LogP) is 1.33. The van der Waals surface area contributed by atoms with E-state index >= 15 is 0 Å². The van der Waals surface area contributed by atoms with Crippen LogP contribution in [0.3, 0.4) is 0 Å². The molecule has 0 radical (unpaired) electrons. The highest BCUT2D eigenvalue weighted by atomic mass is 79.9. The number of rotatable bonds is 4. The quantitative estimate of drug-likeness (QED) is 0.854. The zero-order valence-electron chi connectivity index (χ0n) is 9.07. The van der Waals surface area contributed by atoms with Crippen molar-refractivity contribution in [3.05, 3.63) is 34.9 Å². The fourth-order valence-electron chi connectivity index (χ4n) is 1.13. The van der Waals surface area contributed by atoms with Crippen molar-refractivity contribution in [1.82, 2.24) is 9.97 Å². The summed E-state index contributed by atoms with van der Waals surface area (Å²) < 4.78 is 30.9. The molecule has 8 nitrogen and oxygen atoms in total. The standard InChI is InChI=1S/C9H6BrN3O5S/c10-6-3-12-7(4-11-6)13-19(16,17)8-2-1-5(18-8)9(14)15/h1-4H,(H,12,13)(H,14,15). The Bertz CT molecular complexity index is 710. The van der Waals surface area contributed by atoms with Crippen LogP contribution in [0.25, 0.3) is 0 Å². The normalized spacial score (nSPS) is 11.2. The highest BCUT2D eigenvalue weighted by molar-refractivity contribution is 9.10. The van der Waals surface area contributed by atoms with Crippen molar-refractivity contribution in [1.29, 1.82) is 0 Å². The van der Waals surface area contributed by atoms with Crippen molar-refractivity contribution in [3.63, 3.8) is 0 Å². The van der Waals surface area contributed by atoms with Crippen LogP contribution in [-0.2, 0) is 10.0 Å². The summed E-state index contributed by atoms with van der Waals surface area (Å²) in [6.07, 6.45) is 2.51. The molecule has 19 heavy (non-hydrogen) atoms. The van der Waals surface area contributed by atoms with E-state index in [1.165, 1.54) is 12.4 Å². The monoisotopic (exact) mass is 347 g/mol. The van der Waals surface area contributed by atoms with Gasteiger partial charge in [0.2, 0.25) is 10.9 Å². The number of hydrogen-bond donors (Lipinski definition) is 2. The van der Waals surface area contributed by atoms with Crippen molar-refractivity contribution >= 4 is 37.7 Å². The van der Waals surface area contributed by atoms with Crippen LogP contribution in [-0.4, -0.2) is 29.5 Å². The average molecular weight is 348 g/mol. The smallest absolute Gasteiger partial charge is 0.371 e. The molecule has 100 valence electrons. The number of furan rings is 1. The van der Waals surface area contributed by atoms with Crippen molar-refractivity contribution in [2.45, 2.75) is 5.09 Å². The third kappa shape index (κ3) is 3.09. The molecule has 2 rings (SSSR count). The summed E-state index contributed by atoms with van der Waals surface area (Å²) in [6.45, 7) is 0. The maximum absolute atomic E-state index is 11.8. The highest BCUT2D eigenvalue weighted by Gasteiger charge is 2.21. The zero-order chi connectivity index (χ0) is 14.0. The van der Waals surface area contributed by atoms with E-state index in [0.29, 0.717) is 4.60 Å². The van der Waals surface area contributed by atoms with Crippen LogP contribution in [0.1, 0.15) is 10.6 Å². The second-order valence-electron chi connectivity index (χ2n) is 3.25. The first kappa shape index (κ1) is 13.5. The van der Waals surface area contributed by atoms with Crippen molar-refractivity contribution in [2.75, 3.05) is 4.72 Å². The summed E-state index contributed by atoms with van der Waals surface area (Å²) in [5, 5.41) is 8.13. The van der Waals surface area contributed by atoms with Gasteiger partial charge in [-0.2, -0.15) is 8.42 Å². The molecule has 0 saturated carbocycles. The summed E-state index contributed by atoms with van der Waals surface area (Å²) in [4.78, 5) is 18.2. The van der Waals surface area contributed by atoms with Crippen LogP contribution in [0.2, 0.25) is 0 Å². The lowest BCUT2D eigenvalue weighted by Gasteiger charge is -2.03. The molecule has 2 aromatic heterocycles. The first-order valence-electron chi connectivity index (χ1n) is 4.72. The molecule has 0 aliphatic rings. The van der Waals surface area contributed by atoms with Crippen LogP contribution in [0.15, 0.2) is 38.6 Å². The van der Waals surface area contributed by atoms with E-state index in [2.05, 4.69) is 30.6 Å². The van der Waals surface area contributed by atoms with E-state index in [-0.39, 0.29) is 5.82 Å². The molecule has 0 aromatic carbocycles. The van der Waals surface area contributed by atoms with Gasteiger partial charge in [0.05, 0.1) is 12.4 Å². The minimum atomic E-state index is -4.04. The molecule has 2 N–H and O–H groups in total. The number of aromatic nitrogens is 2. The average Bonchev–Trinajstić information content (AvgIpc) is 2.82. The van der Waals surface area contributed by atoms with Crippen LogP contribution in [0, 0.1) is 0 Å². The van der Waals surface area contributed by atoms with Gasteiger partial charge in [-0.1, -0.05) is 0 Å². The van der Waals surface area contributed by atoms with E-state index in [4.69, 9.17) is 9.52 Å². The first-order valence-corrected chi connectivity index (χ1v) is 6.99. The molecule has 0 bridgehead atoms. The molecular formula is C9H6BrN3O5S. The second-order valence-corrected chi connectivity index (χ2v) is 5.68. The molecule has 2 aromatic rings. The maximum atomic E-state index is 11.8. The Morgan fingerprint density at radius 1 is 1.32 bits per heavy atom. The predicted molar refractivity (Wildman–Crippen MR) is 66.2 cm³/mol. The third-order valence-electron chi connectivity index (χ3n) is 1.92. The second kappa shape index (κ2) is 4.97. The van der Waals surface area contributed by atoms with E-state index in [9.17, 15) is 13.2 Å². The number of carbonyl (C=O) groups is 1. The molecule has 0 aliphatic heterocycles. The fraction of sp³-hybridized carbons (Fsp3) is 0. The van der Waals surface area contributed by atoms with Crippen LogP contribution >= 0.6 is 15.9 Å². The van der Waals surface area contributed by atoms with Gasteiger partial charge in [0, 0.05) is 0 Å². The van der Waals surface area contributed by atoms with Gasteiger partial charge in [0.1, 0.15) is 4.60 Å². The summed E-state index contributed by atoms with van der Waals surface area (Å²) >= 11 is 3.05. The number of sulfonamides is 1. The van der Waals surface area contributed by atoms with Gasteiger partial charge in [0.15, 0.2) is 5.82 Å². The Hall–Kier alpha value is -1.94. The lowest BCUT2D eigenvalue weighted by Crippen LogP contribution is -2.13. The van der Waals surface area contributed by atoms with Gasteiger partial charge in [-0.05, 0) is 28.1 Å². The minimum Gasteiger partial charge on any atom is -0.475 e. The van der Waals surface area contributed by atoms with Crippen molar-refractivity contribution < 1.29 is 22.7 Å². The molecule has 0 atom stereocenters. The van der Waals surface area contributed by atoms with Gasteiger partial charge in [-0.15, -0.1) is 0 Å². The largest absolute Gasteiger partial charge is 0.475 e. The fourth-order valence-corrected chi connectivity index (χ4v) is 2.27. The van der Waals surface area contributed by atoms with E-state index in [1.807, 2.05) is 0 Å². The van der Waals surface area contributed by atoms with Gasteiger partial charge in [-0.3, -0.25) is 4.72 Å². The Morgan fingerprint density at radius 2 is 2.05 bits per heavy atom. The molecule has 10 heteroatoms. The number of halogens is 1. The number of hydrogen-bond acceptors (Lipinski definition) is 6. The Balaban J connectivity index is 2.26. The van der Waals surface area contributed by atoms with Crippen LogP contribution in [0.5, 0.6) is 0 Å². The van der Waals surface area contributed by atoms with Crippen LogP contribution in [0.4, 0.5) is 5.82 Å². The Labute approximate surface area is 115 Å². The molecule has 0 spiro atoms. The molecule has 0 unspecified atom stereocenters. The van der Waals surface area contributed by atoms with Crippen LogP contribution < -0.4 is 4.72 Å². The third-order valence-corrected chi connectivity index (χ3v) is 3.55. The van der Waals surface area contributed by atoms with Gasteiger partial charge < -0.3 is 9.52 Å². The topological polar surface area (TPSA) is 122 Å². The molecule has 0 saturated heterocycles. The molecular weight excluding hydrogens is 342 g/mol. The van der Waals surface area contributed by atoms with E-state index in [1.54, 1.807) is 0 Å². The molecule has 0 aliphatic carbocycles. The lowest BCUT2D eigenvalue weighted by molar-refractivity contribution is 0.0656. The highest BCUT2D eigenvalue weighted by Crippen LogP contribution is 2.17. The molecule has 0 amide bonds. The SMILES string of the molecule is O=C(O)c1ccc(S(=O)(=O)Nc2cnc(Br)cn2)o1. The van der Waals surface area contributed by atoms with Gasteiger partial charge >= 0.3 is 5.97 Å². The number of carboxylic acid groups (broad SMARTS) is 1. The van der Waals surface area contributed by atoms with Crippen molar-refractivity contribution in [2.24, 2.45) is 0 Å². The summed E-state index contributed by atoms with van der Waals surface area (Å²) in [6, 6.07) is 2.09. The number of carboxylic acids is 1.